The minimum Gasteiger partial charge on any atom is -0.505 e. The van der Waals surface area contributed by atoms with Gasteiger partial charge in [-0.1, -0.05) is 36.4 Å². The van der Waals surface area contributed by atoms with E-state index in [9.17, 15) is 5.11 Å². The van der Waals surface area contributed by atoms with E-state index in [1.807, 2.05) is 73.7 Å². The van der Waals surface area contributed by atoms with Crippen LogP contribution in [0.1, 0.15) is 24.1 Å². The molecule has 0 fully saturated rings. The Balaban J connectivity index is 1.79. The van der Waals surface area contributed by atoms with Crippen molar-refractivity contribution in [2.75, 3.05) is 11.9 Å². The Labute approximate surface area is 163 Å². The number of anilines is 1. The van der Waals surface area contributed by atoms with Crippen LogP contribution >= 0.6 is 0 Å². The Kier molecular flexibility index (Phi) is 5.06. The second-order valence-corrected chi connectivity index (χ2v) is 6.37. The minimum atomic E-state index is -0.294. The van der Waals surface area contributed by atoms with E-state index in [2.05, 4.69) is 15.3 Å². The molecule has 0 amide bonds. The number of hydrogen-bond acceptors (Lipinski definition) is 5. The van der Waals surface area contributed by atoms with E-state index in [1.165, 1.54) is 0 Å². The summed E-state index contributed by atoms with van der Waals surface area (Å²) in [5.74, 6) is 1.70. The number of pyridine rings is 2. The van der Waals surface area contributed by atoms with Gasteiger partial charge in [0, 0.05) is 23.3 Å². The highest BCUT2D eigenvalue weighted by Crippen LogP contribution is 2.36. The molecule has 5 nitrogen and oxygen atoms in total. The zero-order valence-electron chi connectivity index (χ0n) is 15.5. The van der Waals surface area contributed by atoms with Gasteiger partial charge in [-0.15, -0.1) is 0 Å². The molecule has 2 N–H and O–H groups in total. The van der Waals surface area contributed by atoms with E-state index in [1.54, 1.807) is 12.4 Å². The van der Waals surface area contributed by atoms with Crippen LogP contribution in [0.3, 0.4) is 0 Å². The fraction of sp³-hybridized carbons (Fsp3) is 0.130. The van der Waals surface area contributed by atoms with Crippen molar-refractivity contribution in [3.05, 3.63) is 90.3 Å². The third-order valence-electron chi connectivity index (χ3n) is 4.57. The number of hydrogen-bond donors (Lipinski definition) is 2. The number of phenolic OH excluding ortho intramolecular Hbond substituents is 1. The molecule has 28 heavy (non-hydrogen) atoms. The fourth-order valence-electron chi connectivity index (χ4n) is 3.24. The average Bonchev–Trinajstić information content (AvgIpc) is 2.75. The maximum atomic E-state index is 11.0. The van der Waals surface area contributed by atoms with Gasteiger partial charge in [-0.25, -0.2) is 4.98 Å². The zero-order chi connectivity index (χ0) is 19.3. The normalized spacial score (nSPS) is 11.9. The number of aromatic hydroxyl groups is 1. The second-order valence-electron chi connectivity index (χ2n) is 6.37. The first-order chi connectivity index (χ1) is 13.8. The van der Waals surface area contributed by atoms with Gasteiger partial charge in [0.1, 0.15) is 22.8 Å². The third-order valence-corrected chi connectivity index (χ3v) is 4.57. The molecule has 0 saturated heterocycles. The molecule has 4 aromatic rings. The van der Waals surface area contributed by atoms with E-state index in [-0.39, 0.29) is 11.8 Å². The molecule has 2 aromatic carbocycles. The van der Waals surface area contributed by atoms with Crippen molar-refractivity contribution < 1.29 is 9.84 Å². The van der Waals surface area contributed by atoms with Gasteiger partial charge in [-0.05, 0) is 42.8 Å². The van der Waals surface area contributed by atoms with Crippen molar-refractivity contribution in [2.24, 2.45) is 0 Å². The van der Waals surface area contributed by atoms with Crippen molar-refractivity contribution in [1.82, 2.24) is 9.97 Å². The molecule has 0 radical (unpaired) electrons. The van der Waals surface area contributed by atoms with E-state index in [0.717, 1.165) is 28.1 Å². The van der Waals surface area contributed by atoms with Crippen LogP contribution in [0.25, 0.3) is 10.9 Å². The topological polar surface area (TPSA) is 67.3 Å². The van der Waals surface area contributed by atoms with Crippen molar-refractivity contribution in [3.63, 3.8) is 0 Å². The average molecular weight is 371 g/mol. The molecule has 0 unspecified atom stereocenters. The van der Waals surface area contributed by atoms with Gasteiger partial charge < -0.3 is 15.2 Å². The smallest absolute Gasteiger partial charge is 0.147 e. The van der Waals surface area contributed by atoms with Crippen LogP contribution in [-0.4, -0.2) is 21.7 Å². The lowest BCUT2D eigenvalue weighted by molar-refractivity contribution is 0.340. The van der Waals surface area contributed by atoms with Gasteiger partial charge in [0.2, 0.25) is 0 Å². The molecule has 0 bridgehead atoms. The number of nitrogens with zero attached hydrogens (tertiary/aromatic N) is 2. The number of phenols is 1. The number of rotatable bonds is 6. The number of fused-ring (bicyclic) bond motifs is 1. The largest absolute Gasteiger partial charge is 0.505 e. The summed E-state index contributed by atoms with van der Waals surface area (Å²) in [6.07, 6.45) is 3.42. The van der Waals surface area contributed by atoms with E-state index < -0.39 is 0 Å². The summed E-state index contributed by atoms with van der Waals surface area (Å²) in [4.78, 5) is 8.73. The Bertz CT molecular complexity index is 1070. The van der Waals surface area contributed by atoms with Gasteiger partial charge >= 0.3 is 0 Å². The van der Waals surface area contributed by atoms with Crippen molar-refractivity contribution in [2.45, 2.75) is 13.0 Å². The number of benzene rings is 2. The van der Waals surface area contributed by atoms with Gasteiger partial charge in [0.05, 0.1) is 12.6 Å². The highest BCUT2D eigenvalue weighted by molar-refractivity contribution is 5.86. The van der Waals surface area contributed by atoms with Gasteiger partial charge in [0.25, 0.3) is 0 Å². The lowest BCUT2D eigenvalue weighted by Gasteiger charge is -2.22. The molecule has 0 aliphatic carbocycles. The second kappa shape index (κ2) is 7.96. The summed E-state index contributed by atoms with van der Waals surface area (Å²) in [6.45, 7) is 2.57. The Morgan fingerprint density at radius 3 is 2.50 bits per heavy atom. The first kappa shape index (κ1) is 17.8. The van der Waals surface area contributed by atoms with Crippen molar-refractivity contribution >= 4 is 16.7 Å². The van der Waals surface area contributed by atoms with Crippen LogP contribution in [0.4, 0.5) is 5.82 Å². The number of nitrogens with one attached hydrogen (secondary N) is 1. The Morgan fingerprint density at radius 1 is 0.929 bits per heavy atom. The summed E-state index contributed by atoms with van der Waals surface area (Å²) >= 11 is 0. The van der Waals surface area contributed by atoms with E-state index in [0.29, 0.717) is 12.1 Å². The van der Waals surface area contributed by atoms with Crippen LogP contribution in [0.2, 0.25) is 0 Å². The van der Waals surface area contributed by atoms with Crippen LogP contribution < -0.4 is 10.1 Å². The molecule has 1 atom stereocenters. The molecule has 0 saturated carbocycles. The van der Waals surface area contributed by atoms with Crippen LogP contribution in [0.15, 0.2) is 79.1 Å². The Morgan fingerprint density at radius 2 is 1.75 bits per heavy atom. The van der Waals surface area contributed by atoms with Gasteiger partial charge in [0.15, 0.2) is 0 Å². The van der Waals surface area contributed by atoms with E-state index in [4.69, 9.17) is 4.74 Å². The van der Waals surface area contributed by atoms with Crippen LogP contribution in [0.5, 0.6) is 11.5 Å². The summed E-state index contributed by atoms with van der Waals surface area (Å²) in [6, 6.07) is 20.9. The lowest BCUT2D eigenvalue weighted by Crippen LogP contribution is -2.13. The first-order valence-electron chi connectivity index (χ1n) is 9.23. The van der Waals surface area contributed by atoms with Gasteiger partial charge in [-0.2, -0.15) is 0 Å². The lowest BCUT2D eigenvalue weighted by atomic mass is 9.96. The summed E-state index contributed by atoms with van der Waals surface area (Å²) in [5.41, 5.74) is 2.31. The minimum absolute atomic E-state index is 0.167. The molecule has 0 aliphatic heterocycles. The third kappa shape index (κ3) is 3.60. The molecule has 140 valence electrons. The SMILES string of the molecule is CCOc1ccc([C@@H](Nc2ccccn2)c2ccc3cccnc3c2O)cc1. The standard InChI is InChI=1S/C23H21N3O2/c1-2-28-18-11-8-17(9-12-18)21(26-20-7-3-4-14-24-20)19-13-10-16-6-5-15-25-22(16)23(19)27/h3-15,21,27H,2H2,1H3,(H,24,26)/t21-/m1/s1. The quantitative estimate of drug-likeness (QED) is 0.503. The van der Waals surface area contributed by atoms with Gasteiger partial charge in [-0.3, -0.25) is 4.98 Å². The molecule has 5 heteroatoms. The zero-order valence-corrected chi connectivity index (χ0v) is 15.5. The number of aromatic nitrogens is 2. The van der Waals surface area contributed by atoms with Crippen LogP contribution in [-0.2, 0) is 0 Å². The maximum absolute atomic E-state index is 11.0. The summed E-state index contributed by atoms with van der Waals surface area (Å²) < 4.78 is 5.55. The highest BCUT2D eigenvalue weighted by atomic mass is 16.5. The maximum Gasteiger partial charge on any atom is 0.147 e. The predicted octanol–water partition coefficient (Wildman–Crippen LogP) is 4.94. The fourth-order valence-corrected chi connectivity index (χ4v) is 3.24. The molecular weight excluding hydrogens is 350 g/mol. The highest BCUT2D eigenvalue weighted by Gasteiger charge is 2.20. The number of ether oxygens (including phenoxy) is 1. The Hall–Kier alpha value is -3.60. The summed E-state index contributed by atoms with van der Waals surface area (Å²) in [5, 5.41) is 15.3. The van der Waals surface area contributed by atoms with Crippen LogP contribution in [0, 0.1) is 0 Å². The van der Waals surface area contributed by atoms with Crippen molar-refractivity contribution in [1.29, 1.82) is 0 Å². The molecule has 0 aliphatic rings. The molecular formula is C23H21N3O2. The molecule has 4 rings (SSSR count). The molecule has 2 aromatic heterocycles. The molecule has 0 spiro atoms. The monoisotopic (exact) mass is 371 g/mol. The summed E-state index contributed by atoms with van der Waals surface area (Å²) in [7, 11) is 0. The van der Waals surface area contributed by atoms with Crippen molar-refractivity contribution in [3.8, 4) is 11.5 Å². The first-order valence-corrected chi connectivity index (χ1v) is 9.23. The predicted molar refractivity (Wildman–Crippen MR) is 111 cm³/mol. The van der Waals surface area contributed by atoms with E-state index >= 15 is 0 Å². The molecule has 2 heterocycles.